The van der Waals surface area contributed by atoms with Gasteiger partial charge in [0, 0.05) is 29.5 Å². The minimum absolute atomic E-state index is 0.700. The summed E-state index contributed by atoms with van der Waals surface area (Å²) in [5.74, 6) is 1.53. The van der Waals surface area contributed by atoms with Crippen LogP contribution in [0.15, 0.2) is 36.4 Å². The molecule has 0 saturated heterocycles. The fraction of sp³-hybridized carbons (Fsp3) is 0.200. The molecule has 4 heteroatoms. The van der Waals surface area contributed by atoms with Gasteiger partial charge in [-0.25, -0.2) is 0 Å². The molecule has 0 aromatic heterocycles. The Morgan fingerprint density at radius 1 is 0.947 bits per heavy atom. The van der Waals surface area contributed by atoms with Gasteiger partial charge >= 0.3 is 0 Å². The monoisotopic (exact) mass is 258 g/mol. The van der Waals surface area contributed by atoms with E-state index in [0.717, 1.165) is 28.3 Å². The van der Waals surface area contributed by atoms with Crippen LogP contribution in [0.2, 0.25) is 0 Å². The lowest BCUT2D eigenvalue weighted by Gasteiger charge is -2.13. The molecule has 0 aliphatic carbocycles. The topological polar surface area (TPSA) is 56.5 Å². The van der Waals surface area contributed by atoms with Gasteiger partial charge in [-0.1, -0.05) is 0 Å². The first kappa shape index (κ1) is 13.1. The van der Waals surface area contributed by atoms with Gasteiger partial charge in [0.1, 0.15) is 11.5 Å². The number of hydrogen-bond acceptors (Lipinski definition) is 4. The second-order valence-electron chi connectivity index (χ2n) is 4.12. The summed E-state index contributed by atoms with van der Waals surface area (Å²) in [7, 11) is 5.15. The van der Waals surface area contributed by atoms with Crippen molar-refractivity contribution in [1.82, 2.24) is 0 Å². The first-order valence-corrected chi connectivity index (χ1v) is 5.99. The predicted octanol–water partition coefficient (Wildman–Crippen LogP) is 2.99. The highest BCUT2D eigenvalue weighted by Crippen LogP contribution is 2.37. The first-order valence-electron chi connectivity index (χ1n) is 5.99. The minimum atomic E-state index is 0.700. The molecule has 0 heterocycles. The van der Waals surface area contributed by atoms with Crippen LogP contribution in [0.1, 0.15) is 0 Å². The van der Waals surface area contributed by atoms with E-state index in [2.05, 4.69) is 5.32 Å². The summed E-state index contributed by atoms with van der Waals surface area (Å²) in [4.78, 5) is 0. The Balaban J connectivity index is 2.62. The minimum Gasteiger partial charge on any atom is -0.497 e. The summed E-state index contributed by atoms with van der Waals surface area (Å²) in [5.41, 5.74) is 9.59. The average Bonchev–Trinajstić information content (AvgIpc) is 2.47. The normalized spacial score (nSPS) is 10.1. The maximum atomic E-state index is 6.07. The van der Waals surface area contributed by atoms with Gasteiger partial charge < -0.3 is 20.5 Å². The second-order valence-corrected chi connectivity index (χ2v) is 4.12. The van der Waals surface area contributed by atoms with Crippen LogP contribution in [-0.4, -0.2) is 21.3 Å². The maximum absolute atomic E-state index is 6.07. The Morgan fingerprint density at radius 2 is 1.74 bits per heavy atom. The highest BCUT2D eigenvalue weighted by molar-refractivity contribution is 5.83. The van der Waals surface area contributed by atoms with Crippen molar-refractivity contribution >= 4 is 11.4 Å². The third kappa shape index (κ3) is 2.57. The molecule has 2 aromatic carbocycles. The standard InChI is InChI=1S/C15H18N2O2/c1-17-10-4-6-14(16)12(8-10)13-9-11(18-2)5-7-15(13)19-3/h4-9,17H,16H2,1-3H3. The van der Waals surface area contributed by atoms with Gasteiger partial charge in [-0.05, 0) is 36.4 Å². The molecule has 0 atom stereocenters. The van der Waals surface area contributed by atoms with Crippen LogP contribution in [0, 0.1) is 0 Å². The number of nitrogen functional groups attached to an aromatic ring is 1. The van der Waals surface area contributed by atoms with Gasteiger partial charge in [0.2, 0.25) is 0 Å². The van der Waals surface area contributed by atoms with Crippen LogP contribution in [0.3, 0.4) is 0 Å². The second kappa shape index (κ2) is 5.52. The Hall–Kier alpha value is -2.36. The lowest BCUT2D eigenvalue weighted by Crippen LogP contribution is -1.96. The molecule has 0 fully saturated rings. The molecule has 3 N–H and O–H groups in total. The van der Waals surface area contributed by atoms with Crippen molar-refractivity contribution in [2.45, 2.75) is 0 Å². The zero-order chi connectivity index (χ0) is 13.8. The number of rotatable bonds is 4. The molecule has 0 spiro atoms. The van der Waals surface area contributed by atoms with E-state index in [1.165, 1.54) is 0 Å². The van der Waals surface area contributed by atoms with E-state index >= 15 is 0 Å². The fourth-order valence-corrected chi connectivity index (χ4v) is 1.97. The molecule has 0 radical (unpaired) electrons. The van der Waals surface area contributed by atoms with Crippen molar-refractivity contribution < 1.29 is 9.47 Å². The summed E-state index contributed by atoms with van der Waals surface area (Å²) >= 11 is 0. The smallest absolute Gasteiger partial charge is 0.127 e. The van der Waals surface area contributed by atoms with Crippen molar-refractivity contribution in [3.05, 3.63) is 36.4 Å². The van der Waals surface area contributed by atoms with E-state index in [1.807, 2.05) is 43.4 Å². The van der Waals surface area contributed by atoms with Crippen LogP contribution >= 0.6 is 0 Å². The van der Waals surface area contributed by atoms with Crippen LogP contribution < -0.4 is 20.5 Å². The van der Waals surface area contributed by atoms with Gasteiger partial charge in [0.05, 0.1) is 14.2 Å². The van der Waals surface area contributed by atoms with Crippen LogP contribution in [-0.2, 0) is 0 Å². The van der Waals surface area contributed by atoms with Gasteiger partial charge in [0.25, 0.3) is 0 Å². The van der Waals surface area contributed by atoms with E-state index < -0.39 is 0 Å². The summed E-state index contributed by atoms with van der Waals surface area (Å²) < 4.78 is 10.7. The van der Waals surface area contributed by atoms with Gasteiger partial charge in [-0.15, -0.1) is 0 Å². The predicted molar refractivity (Wildman–Crippen MR) is 78.9 cm³/mol. The van der Waals surface area contributed by atoms with E-state index in [-0.39, 0.29) is 0 Å². The van der Waals surface area contributed by atoms with Crippen molar-refractivity contribution in [2.75, 3.05) is 32.3 Å². The Labute approximate surface area is 113 Å². The highest BCUT2D eigenvalue weighted by Gasteiger charge is 2.11. The number of methoxy groups -OCH3 is 2. The van der Waals surface area contributed by atoms with E-state index in [0.29, 0.717) is 5.69 Å². The van der Waals surface area contributed by atoms with E-state index in [1.54, 1.807) is 14.2 Å². The molecule has 0 amide bonds. The highest BCUT2D eigenvalue weighted by atomic mass is 16.5. The summed E-state index contributed by atoms with van der Waals surface area (Å²) in [6.07, 6.45) is 0. The molecule has 0 aliphatic rings. The molecule has 0 unspecified atom stereocenters. The lowest BCUT2D eigenvalue weighted by molar-refractivity contribution is 0.404. The zero-order valence-electron chi connectivity index (χ0n) is 11.4. The lowest BCUT2D eigenvalue weighted by atomic mass is 10.0. The van der Waals surface area contributed by atoms with Gasteiger partial charge in [-0.3, -0.25) is 0 Å². The molecule has 100 valence electrons. The first-order chi connectivity index (χ1) is 9.19. The van der Waals surface area contributed by atoms with Crippen LogP contribution in [0.4, 0.5) is 11.4 Å². The van der Waals surface area contributed by atoms with Crippen molar-refractivity contribution in [2.24, 2.45) is 0 Å². The Morgan fingerprint density at radius 3 is 2.37 bits per heavy atom. The average molecular weight is 258 g/mol. The molecule has 4 nitrogen and oxygen atoms in total. The molecule has 0 aliphatic heterocycles. The number of nitrogens with one attached hydrogen (secondary N) is 1. The molecule has 0 saturated carbocycles. The molecule has 2 rings (SSSR count). The Bertz CT molecular complexity index is 582. The Kier molecular flexibility index (Phi) is 3.80. The summed E-state index contributed by atoms with van der Waals surface area (Å²) in [5, 5.41) is 3.10. The number of benzene rings is 2. The largest absolute Gasteiger partial charge is 0.497 e. The summed E-state index contributed by atoms with van der Waals surface area (Å²) in [6, 6.07) is 11.5. The molecule has 2 aromatic rings. The number of hydrogen-bond donors (Lipinski definition) is 2. The third-order valence-corrected chi connectivity index (χ3v) is 3.04. The van der Waals surface area contributed by atoms with E-state index in [9.17, 15) is 0 Å². The SMILES string of the molecule is CNc1ccc(N)c(-c2cc(OC)ccc2OC)c1. The quantitative estimate of drug-likeness (QED) is 0.828. The van der Waals surface area contributed by atoms with Crippen molar-refractivity contribution in [3.63, 3.8) is 0 Å². The number of ether oxygens (including phenoxy) is 2. The number of anilines is 2. The van der Waals surface area contributed by atoms with Crippen LogP contribution in [0.5, 0.6) is 11.5 Å². The fourth-order valence-electron chi connectivity index (χ4n) is 1.97. The zero-order valence-corrected chi connectivity index (χ0v) is 11.4. The van der Waals surface area contributed by atoms with Crippen LogP contribution in [0.25, 0.3) is 11.1 Å². The van der Waals surface area contributed by atoms with E-state index in [4.69, 9.17) is 15.2 Å². The van der Waals surface area contributed by atoms with Gasteiger partial charge in [-0.2, -0.15) is 0 Å². The van der Waals surface area contributed by atoms with Crippen molar-refractivity contribution in [1.29, 1.82) is 0 Å². The van der Waals surface area contributed by atoms with Gasteiger partial charge in [0.15, 0.2) is 0 Å². The molecule has 0 bridgehead atoms. The molecular weight excluding hydrogens is 240 g/mol. The summed E-state index contributed by atoms with van der Waals surface area (Å²) in [6.45, 7) is 0. The molecular formula is C15H18N2O2. The number of nitrogens with two attached hydrogens (primary N) is 1. The van der Waals surface area contributed by atoms with Crippen molar-refractivity contribution in [3.8, 4) is 22.6 Å². The third-order valence-electron chi connectivity index (χ3n) is 3.04. The maximum Gasteiger partial charge on any atom is 0.127 e. The molecule has 19 heavy (non-hydrogen) atoms.